The lowest BCUT2D eigenvalue weighted by Crippen LogP contribution is -2.25. The van der Waals surface area contributed by atoms with Crippen molar-refractivity contribution in [3.8, 4) is 0 Å². The van der Waals surface area contributed by atoms with Crippen LogP contribution in [0.25, 0.3) is 0 Å². The number of para-hydroxylation sites is 1. The molecule has 0 radical (unpaired) electrons. The summed E-state index contributed by atoms with van der Waals surface area (Å²) in [7, 11) is 0. The molecule has 0 saturated heterocycles. The normalized spacial score (nSPS) is 11.2. The average molecular weight is 311 g/mol. The Labute approximate surface area is 137 Å². The van der Waals surface area contributed by atoms with Gasteiger partial charge in [0, 0.05) is 5.69 Å². The molecule has 2 aromatic rings. The maximum absolute atomic E-state index is 5.28. The maximum atomic E-state index is 5.28. The van der Waals surface area contributed by atoms with Gasteiger partial charge in [0.2, 0.25) is 0 Å². The van der Waals surface area contributed by atoms with Gasteiger partial charge in [-0.05, 0) is 74.3 Å². The van der Waals surface area contributed by atoms with Gasteiger partial charge in [-0.25, -0.2) is 0 Å². The van der Waals surface area contributed by atoms with Gasteiger partial charge in [0.1, 0.15) is 0 Å². The van der Waals surface area contributed by atoms with E-state index >= 15 is 0 Å². The van der Waals surface area contributed by atoms with Crippen LogP contribution < -0.4 is 10.7 Å². The molecule has 2 aromatic carbocycles. The Morgan fingerprint density at radius 2 is 1.68 bits per heavy atom. The zero-order valence-electron chi connectivity index (χ0n) is 13.4. The zero-order chi connectivity index (χ0) is 16.1. The Hall–Kier alpha value is -2.20. The largest absolute Gasteiger partial charge is 0.331 e. The third kappa shape index (κ3) is 4.15. The lowest BCUT2D eigenvalue weighted by molar-refractivity contribution is 1.04. The van der Waals surface area contributed by atoms with Gasteiger partial charge >= 0.3 is 0 Å². The molecule has 0 aliphatic carbocycles. The fourth-order valence-corrected chi connectivity index (χ4v) is 2.18. The number of nitrogens with one attached hydrogen (secondary N) is 2. The fraction of sp³-hybridized carbons (Fsp3) is 0.222. The van der Waals surface area contributed by atoms with E-state index in [-0.39, 0.29) is 0 Å². The van der Waals surface area contributed by atoms with Gasteiger partial charge in [0.15, 0.2) is 5.11 Å². The number of hydrogen-bond donors (Lipinski definition) is 2. The highest BCUT2D eigenvalue weighted by molar-refractivity contribution is 7.80. The van der Waals surface area contributed by atoms with E-state index in [1.54, 1.807) is 0 Å². The first-order chi connectivity index (χ1) is 10.5. The number of hydrogen-bond acceptors (Lipinski definition) is 2. The Kier molecular flexibility index (Phi) is 5.28. The molecule has 0 saturated carbocycles. The van der Waals surface area contributed by atoms with Gasteiger partial charge in [0.25, 0.3) is 0 Å². The maximum Gasteiger partial charge on any atom is 0.191 e. The van der Waals surface area contributed by atoms with Crippen molar-refractivity contribution in [1.82, 2.24) is 5.43 Å². The summed E-state index contributed by atoms with van der Waals surface area (Å²) in [5, 5.41) is 7.99. The Morgan fingerprint density at radius 1 is 0.955 bits per heavy atom. The van der Waals surface area contributed by atoms with Crippen LogP contribution in [0.3, 0.4) is 0 Å². The number of anilines is 1. The van der Waals surface area contributed by atoms with Crippen LogP contribution in [0.2, 0.25) is 0 Å². The highest BCUT2D eigenvalue weighted by Gasteiger charge is 2.02. The minimum absolute atomic E-state index is 0.484. The number of aryl methyl sites for hydroxylation is 3. The van der Waals surface area contributed by atoms with E-state index in [0.717, 1.165) is 22.5 Å². The van der Waals surface area contributed by atoms with Crippen LogP contribution in [-0.4, -0.2) is 10.8 Å². The second kappa shape index (κ2) is 7.18. The number of nitrogens with zero attached hydrogens (tertiary/aromatic N) is 1. The van der Waals surface area contributed by atoms with Gasteiger partial charge < -0.3 is 5.32 Å². The van der Waals surface area contributed by atoms with Crippen molar-refractivity contribution in [2.75, 3.05) is 5.32 Å². The molecular formula is C18H21N3S. The van der Waals surface area contributed by atoms with Crippen LogP contribution in [0, 0.1) is 20.8 Å². The van der Waals surface area contributed by atoms with E-state index in [2.05, 4.69) is 47.9 Å². The van der Waals surface area contributed by atoms with Gasteiger partial charge in [-0.15, -0.1) is 0 Å². The summed E-state index contributed by atoms with van der Waals surface area (Å²) < 4.78 is 0. The molecule has 4 heteroatoms. The Morgan fingerprint density at radius 3 is 2.36 bits per heavy atom. The standard InChI is InChI=1S/C18H21N3S/c1-12-9-10-16(11-14(12)3)15(4)20-21-18(22)19-17-8-6-5-7-13(17)2/h5-11H,1-4H3,(H2,19,21,22)/b20-15+. The van der Waals surface area contributed by atoms with Crippen molar-refractivity contribution in [2.24, 2.45) is 5.10 Å². The summed E-state index contributed by atoms with van der Waals surface area (Å²) in [5.74, 6) is 0. The molecule has 0 aromatic heterocycles. The van der Waals surface area contributed by atoms with Crippen molar-refractivity contribution < 1.29 is 0 Å². The molecule has 0 heterocycles. The van der Waals surface area contributed by atoms with Crippen LogP contribution in [0.15, 0.2) is 47.6 Å². The number of rotatable bonds is 3. The lowest BCUT2D eigenvalue weighted by Gasteiger charge is -2.10. The van der Waals surface area contributed by atoms with Crippen molar-refractivity contribution >= 4 is 28.7 Å². The molecular weight excluding hydrogens is 290 g/mol. The summed E-state index contributed by atoms with van der Waals surface area (Å²) in [6.45, 7) is 8.21. The number of benzene rings is 2. The first-order valence-corrected chi connectivity index (χ1v) is 7.62. The highest BCUT2D eigenvalue weighted by Crippen LogP contribution is 2.13. The van der Waals surface area contributed by atoms with Crippen LogP contribution in [0.5, 0.6) is 0 Å². The van der Waals surface area contributed by atoms with E-state index in [9.17, 15) is 0 Å². The molecule has 22 heavy (non-hydrogen) atoms. The molecule has 0 bridgehead atoms. The zero-order valence-corrected chi connectivity index (χ0v) is 14.2. The molecule has 0 atom stereocenters. The monoisotopic (exact) mass is 311 g/mol. The van der Waals surface area contributed by atoms with Gasteiger partial charge in [-0.2, -0.15) is 5.10 Å². The predicted octanol–water partition coefficient (Wildman–Crippen LogP) is 4.32. The molecule has 0 aliphatic heterocycles. The van der Waals surface area contributed by atoms with E-state index < -0.39 is 0 Å². The fourth-order valence-electron chi connectivity index (χ4n) is 2.03. The smallest absolute Gasteiger partial charge is 0.191 e. The SMILES string of the molecule is C/C(=N\NC(=S)Nc1ccccc1C)c1ccc(C)c(C)c1. The first kappa shape index (κ1) is 16.2. The molecule has 3 nitrogen and oxygen atoms in total. The van der Waals surface area contributed by atoms with Crippen LogP contribution in [0.1, 0.15) is 29.2 Å². The third-order valence-electron chi connectivity index (χ3n) is 3.64. The summed E-state index contributed by atoms with van der Waals surface area (Å²) in [4.78, 5) is 0. The molecule has 114 valence electrons. The third-order valence-corrected chi connectivity index (χ3v) is 3.84. The summed E-state index contributed by atoms with van der Waals surface area (Å²) in [6, 6.07) is 14.3. The summed E-state index contributed by atoms with van der Waals surface area (Å²) in [6.07, 6.45) is 0. The van der Waals surface area contributed by atoms with Gasteiger partial charge in [-0.1, -0.05) is 30.3 Å². The molecule has 2 N–H and O–H groups in total. The van der Waals surface area contributed by atoms with Crippen LogP contribution >= 0.6 is 12.2 Å². The molecule has 0 spiro atoms. The van der Waals surface area contributed by atoms with Crippen molar-refractivity contribution in [1.29, 1.82) is 0 Å². The number of hydrazone groups is 1. The topological polar surface area (TPSA) is 36.4 Å². The van der Waals surface area contributed by atoms with Crippen molar-refractivity contribution in [2.45, 2.75) is 27.7 Å². The second-order valence-electron chi connectivity index (χ2n) is 5.38. The summed E-state index contributed by atoms with van der Waals surface area (Å²) >= 11 is 5.28. The molecule has 0 fully saturated rings. The van der Waals surface area contributed by atoms with E-state index in [1.807, 2.05) is 38.1 Å². The average Bonchev–Trinajstić information content (AvgIpc) is 2.50. The van der Waals surface area contributed by atoms with Crippen molar-refractivity contribution in [3.05, 3.63) is 64.7 Å². The lowest BCUT2D eigenvalue weighted by atomic mass is 10.0. The van der Waals surface area contributed by atoms with E-state index in [4.69, 9.17) is 12.2 Å². The van der Waals surface area contributed by atoms with Crippen LogP contribution in [-0.2, 0) is 0 Å². The quantitative estimate of drug-likeness (QED) is 0.503. The molecule has 0 aliphatic rings. The number of thiocarbonyl (C=S) groups is 1. The minimum Gasteiger partial charge on any atom is -0.331 e. The Bertz CT molecular complexity index is 720. The second-order valence-corrected chi connectivity index (χ2v) is 5.79. The van der Waals surface area contributed by atoms with Crippen LogP contribution in [0.4, 0.5) is 5.69 Å². The molecule has 2 rings (SSSR count). The van der Waals surface area contributed by atoms with Crippen molar-refractivity contribution in [3.63, 3.8) is 0 Å². The summed E-state index contributed by atoms with van der Waals surface area (Å²) in [5.41, 5.74) is 9.55. The highest BCUT2D eigenvalue weighted by atomic mass is 32.1. The molecule has 0 amide bonds. The van der Waals surface area contributed by atoms with Gasteiger partial charge in [0.05, 0.1) is 5.71 Å². The van der Waals surface area contributed by atoms with Gasteiger partial charge in [-0.3, -0.25) is 5.43 Å². The predicted molar refractivity (Wildman–Crippen MR) is 98.7 cm³/mol. The Balaban J connectivity index is 2.02. The first-order valence-electron chi connectivity index (χ1n) is 7.22. The van der Waals surface area contributed by atoms with E-state index in [0.29, 0.717) is 5.11 Å². The molecule has 0 unspecified atom stereocenters. The van der Waals surface area contributed by atoms with E-state index in [1.165, 1.54) is 11.1 Å². The minimum atomic E-state index is 0.484.